The van der Waals surface area contributed by atoms with Crippen molar-refractivity contribution >= 4 is 23.0 Å². The van der Waals surface area contributed by atoms with Gasteiger partial charge in [0.05, 0.1) is 12.3 Å². The van der Waals surface area contributed by atoms with Crippen LogP contribution in [0.25, 0.3) is 0 Å². The molecule has 0 radical (unpaired) electrons. The molecule has 2 aromatic carbocycles. The standard InChI is InChI=1S/C19H22N2O3/c1-2-23-17-7-4-3-6-16(17)20-14-9-11-15(12-10-14)21-19(22)18-8-5-13-24-18/h3-4,6-7,9-12,18,20H,2,5,8,13H2,1H3,(H,21,22). The number of carbonyl (C=O) groups is 1. The Morgan fingerprint density at radius 3 is 2.62 bits per heavy atom. The Hall–Kier alpha value is -2.53. The van der Waals surface area contributed by atoms with E-state index in [0.717, 1.165) is 35.7 Å². The van der Waals surface area contributed by atoms with Gasteiger partial charge in [-0.15, -0.1) is 0 Å². The molecule has 126 valence electrons. The van der Waals surface area contributed by atoms with Crippen LogP contribution < -0.4 is 15.4 Å². The van der Waals surface area contributed by atoms with Gasteiger partial charge in [-0.2, -0.15) is 0 Å². The molecular formula is C19H22N2O3. The molecule has 2 aromatic rings. The number of benzene rings is 2. The highest BCUT2D eigenvalue weighted by Crippen LogP contribution is 2.28. The zero-order valence-electron chi connectivity index (χ0n) is 13.7. The zero-order chi connectivity index (χ0) is 16.8. The molecule has 1 aliphatic rings. The van der Waals surface area contributed by atoms with Crippen LogP contribution in [0.3, 0.4) is 0 Å². The predicted octanol–water partition coefficient (Wildman–Crippen LogP) is 3.95. The highest BCUT2D eigenvalue weighted by Gasteiger charge is 2.23. The third-order valence-electron chi connectivity index (χ3n) is 3.84. The van der Waals surface area contributed by atoms with Crippen molar-refractivity contribution in [1.29, 1.82) is 0 Å². The summed E-state index contributed by atoms with van der Waals surface area (Å²) in [5, 5.41) is 6.22. The molecule has 5 nitrogen and oxygen atoms in total. The molecule has 24 heavy (non-hydrogen) atoms. The van der Waals surface area contributed by atoms with E-state index in [1.54, 1.807) is 0 Å². The molecule has 2 N–H and O–H groups in total. The maximum absolute atomic E-state index is 12.0. The molecule has 1 unspecified atom stereocenters. The molecule has 0 aliphatic carbocycles. The first kappa shape index (κ1) is 16.3. The molecule has 1 fully saturated rings. The first-order valence-electron chi connectivity index (χ1n) is 8.27. The van der Waals surface area contributed by atoms with Gasteiger partial charge in [0, 0.05) is 18.0 Å². The highest BCUT2D eigenvalue weighted by atomic mass is 16.5. The summed E-state index contributed by atoms with van der Waals surface area (Å²) in [6.45, 7) is 3.25. The highest BCUT2D eigenvalue weighted by molar-refractivity contribution is 5.94. The second kappa shape index (κ2) is 7.84. The van der Waals surface area contributed by atoms with Gasteiger partial charge in [0.2, 0.25) is 0 Å². The summed E-state index contributed by atoms with van der Waals surface area (Å²) >= 11 is 0. The molecule has 1 amide bonds. The first-order chi connectivity index (χ1) is 11.8. The number of rotatable bonds is 6. The average molecular weight is 326 g/mol. The Bertz CT molecular complexity index is 679. The molecule has 1 heterocycles. The van der Waals surface area contributed by atoms with E-state index in [1.807, 2.05) is 55.5 Å². The van der Waals surface area contributed by atoms with E-state index in [9.17, 15) is 4.79 Å². The molecule has 1 aliphatic heterocycles. The van der Waals surface area contributed by atoms with Crippen LogP contribution in [0.5, 0.6) is 5.75 Å². The van der Waals surface area contributed by atoms with Crippen LogP contribution in [-0.4, -0.2) is 25.2 Å². The van der Waals surface area contributed by atoms with Crippen LogP contribution in [0.15, 0.2) is 48.5 Å². The first-order valence-corrected chi connectivity index (χ1v) is 8.27. The Morgan fingerprint density at radius 1 is 1.17 bits per heavy atom. The fourth-order valence-corrected chi connectivity index (χ4v) is 2.65. The summed E-state index contributed by atoms with van der Waals surface area (Å²) in [5.74, 6) is 0.741. The van der Waals surface area contributed by atoms with E-state index in [4.69, 9.17) is 9.47 Å². The Labute approximate surface area is 142 Å². The molecule has 1 atom stereocenters. The summed E-state index contributed by atoms with van der Waals surface area (Å²) < 4.78 is 11.0. The van der Waals surface area contributed by atoms with Crippen molar-refractivity contribution in [2.75, 3.05) is 23.8 Å². The summed E-state index contributed by atoms with van der Waals surface area (Å²) in [7, 11) is 0. The van der Waals surface area contributed by atoms with Crippen LogP contribution in [0.4, 0.5) is 17.1 Å². The second-order valence-electron chi connectivity index (χ2n) is 5.62. The number of anilines is 3. The van der Waals surface area contributed by atoms with Crippen LogP contribution in [0, 0.1) is 0 Å². The maximum Gasteiger partial charge on any atom is 0.253 e. The van der Waals surface area contributed by atoms with E-state index in [2.05, 4.69) is 10.6 Å². The third-order valence-corrected chi connectivity index (χ3v) is 3.84. The molecule has 0 aromatic heterocycles. The number of amides is 1. The molecule has 0 bridgehead atoms. The normalized spacial score (nSPS) is 16.6. The second-order valence-corrected chi connectivity index (χ2v) is 5.62. The van der Waals surface area contributed by atoms with Crippen molar-refractivity contribution in [3.8, 4) is 5.75 Å². The van der Waals surface area contributed by atoms with Gasteiger partial charge in [-0.25, -0.2) is 0 Å². The molecule has 3 rings (SSSR count). The van der Waals surface area contributed by atoms with Gasteiger partial charge in [-0.3, -0.25) is 4.79 Å². The molecule has 0 saturated carbocycles. The number of ether oxygens (including phenoxy) is 2. The van der Waals surface area contributed by atoms with Gasteiger partial charge in [0.25, 0.3) is 5.91 Å². The van der Waals surface area contributed by atoms with Gasteiger partial charge >= 0.3 is 0 Å². The van der Waals surface area contributed by atoms with E-state index >= 15 is 0 Å². The fraction of sp³-hybridized carbons (Fsp3) is 0.316. The van der Waals surface area contributed by atoms with Crippen molar-refractivity contribution < 1.29 is 14.3 Å². The van der Waals surface area contributed by atoms with Crippen LogP contribution in [0.2, 0.25) is 0 Å². The Kier molecular flexibility index (Phi) is 5.33. The number of carbonyl (C=O) groups excluding carboxylic acids is 1. The van der Waals surface area contributed by atoms with E-state index in [1.165, 1.54) is 0 Å². The van der Waals surface area contributed by atoms with E-state index in [0.29, 0.717) is 13.2 Å². The smallest absolute Gasteiger partial charge is 0.253 e. The Balaban J connectivity index is 1.63. The van der Waals surface area contributed by atoms with Gasteiger partial charge in [0.15, 0.2) is 0 Å². The lowest BCUT2D eigenvalue weighted by atomic mass is 10.2. The van der Waals surface area contributed by atoms with Crippen LogP contribution >= 0.6 is 0 Å². The predicted molar refractivity (Wildman–Crippen MR) is 94.9 cm³/mol. The lowest BCUT2D eigenvalue weighted by molar-refractivity contribution is -0.124. The van der Waals surface area contributed by atoms with Crippen molar-refractivity contribution in [3.05, 3.63) is 48.5 Å². The molecule has 0 spiro atoms. The summed E-state index contributed by atoms with van der Waals surface area (Å²) in [5.41, 5.74) is 2.60. The Morgan fingerprint density at radius 2 is 1.92 bits per heavy atom. The monoisotopic (exact) mass is 326 g/mol. The van der Waals surface area contributed by atoms with E-state index in [-0.39, 0.29) is 12.0 Å². The molecule has 5 heteroatoms. The summed E-state index contributed by atoms with van der Waals surface area (Å²) in [6.07, 6.45) is 1.42. The van der Waals surface area contributed by atoms with Crippen LogP contribution in [-0.2, 0) is 9.53 Å². The minimum absolute atomic E-state index is 0.0742. The third kappa shape index (κ3) is 4.06. The number of hydrogen-bond acceptors (Lipinski definition) is 4. The van der Waals surface area contributed by atoms with Crippen molar-refractivity contribution in [2.45, 2.75) is 25.9 Å². The number of nitrogens with one attached hydrogen (secondary N) is 2. The SMILES string of the molecule is CCOc1ccccc1Nc1ccc(NC(=O)C2CCCO2)cc1. The lowest BCUT2D eigenvalue weighted by Gasteiger charge is -2.13. The van der Waals surface area contributed by atoms with Gasteiger partial charge in [0.1, 0.15) is 11.9 Å². The van der Waals surface area contributed by atoms with Crippen LogP contribution in [0.1, 0.15) is 19.8 Å². The fourth-order valence-electron chi connectivity index (χ4n) is 2.65. The quantitative estimate of drug-likeness (QED) is 0.844. The lowest BCUT2D eigenvalue weighted by Crippen LogP contribution is -2.26. The number of para-hydroxylation sites is 2. The zero-order valence-corrected chi connectivity index (χ0v) is 13.7. The molecular weight excluding hydrogens is 304 g/mol. The van der Waals surface area contributed by atoms with Gasteiger partial charge in [-0.05, 0) is 56.2 Å². The van der Waals surface area contributed by atoms with Crippen molar-refractivity contribution in [1.82, 2.24) is 0 Å². The van der Waals surface area contributed by atoms with Crippen molar-refractivity contribution in [2.24, 2.45) is 0 Å². The van der Waals surface area contributed by atoms with Gasteiger partial charge < -0.3 is 20.1 Å². The summed E-state index contributed by atoms with van der Waals surface area (Å²) in [4.78, 5) is 12.0. The van der Waals surface area contributed by atoms with Gasteiger partial charge in [-0.1, -0.05) is 12.1 Å². The number of hydrogen-bond donors (Lipinski definition) is 2. The minimum atomic E-state index is -0.319. The minimum Gasteiger partial charge on any atom is -0.492 e. The topological polar surface area (TPSA) is 59.6 Å². The molecule has 1 saturated heterocycles. The van der Waals surface area contributed by atoms with Crippen molar-refractivity contribution in [3.63, 3.8) is 0 Å². The average Bonchev–Trinajstić information content (AvgIpc) is 3.13. The maximum atomic E-state index is 12.0. The van der Waals surface area contributed by atoms with E-state index < -0.39 is 0 Å². The largest absolute Gasteiger partial charge is 0.492 e. The summed E-state index contributed by atoms with van der Waals surface area (Å²) in [6, 6.07) is 15.4.